The van der Waals surface area contributed by atoms with E-state index >= 15 is 0 Å². The molecule has 0 radical (unpaired) electrons. The first-order valence-corrected chi connectivity index (χ1v) is 9.09. The van der Waals surface area contributed by atoms with Gasteiger partial charge in [-0.15, -0.1) is 0 Å². The number of hydrogen-bond acceptors (Lipinski definition) is 4. The zero-order valence-electron chi connectivity index (χ0n) is 15.5. The Morgan fingerprint density at radius 1 is 1.19 bits per heavy atom. The molecule has 1 atom stereocenters. The van der Waals surface area contributed by atoms with Crippen molar-refractivity contribution in [2.75, 3.05) is 6.61 Å². The summed E-state index contributed by atoms with van der Waals surface area (Å²) in [5.41, 5.74) is 2.12. The molecular formula is C21H23NO5. The van der Waals surface area contributed by atoms with Crippen molar-refractivity contribution in [1.82, 2.24) is 4.40 Å². The van der Waals surface area contributed by atoms with Gasteiger partial charge in [0, 0.05) is 17.6 Å². The van der Waals surface area contributed by atoms with Gasteiger partial charge in [0.15, 0.2) is 0 Å². The van der Waals surface area contributed by atoms with Gasteiger partial charge in [-0.25, -0.2) is 4.79 Å². The SMILES string of the molecule is CCCCOC(=O)c1c2ccc(OC(C)CC(=O)O)cc2n2ccccc12. The number of carbonyl (C=O) groups excluding carboxylic acids is 1. The molecule has 1 aromatic carbocycles. The van der Waals surface area contributed by atoms with Gasteiger partial charge in [-0.05, 0) is 37.6 Å². The Hall–Kier alpha value is -3.02. The smallest absolute Gasteiger partial charge is 0.340 e. The van der Waals surface area contributed by atoms with E-state index in [1.165, 1.54) is 0 Å². The lowest BCUT2D eigenvalue weighted by Crippen LogP contribution is -2.16. The molecule has 0 bridgehead atoms. The van der Waals surface area contributed by atoms with Gasteiger partial charge < -0.3 is 19.0 Å². The number of fused-ring (bicyclic) bond motifs is 3. The summed E-state index contributed by atoms with van der Waals surface area (Å²) in [4.78, 5) is 23.5. The summed E-state index contributed by atoms with van der Waals surface area (Å²) in [5, 5.41) is 9.67. The summed E-state index contributed by atoms with van der Waals surface area (Å²) in [6.45, 7) is 4.16. The van der Waals surface area contributed by atoms with Gasteiger partial charge in [-0.2, -0.15) is 0 Å². The van der Waals surface area contributed by atoms with Crippen LogP contribution in [-0.2, 0) is 9.53 Å². The van der Waals surface area contributed by atoms with Gasteiger partial charge in [0.25, 0.3) is 0 Å². The van der Waals surface area contributed by atoms with E-state index in [2.05, 4.69) is 0 Å². The van der Waals surface area contributed by atoms with Gasteiger partial charge in [-0.1, -0.05) is 19.4 Å². The highest BCUT2D eigenvalue weighted by Crippen LogP contribution is 2.30. The molecule has 3 rings (SSSR count). The van der Waals surface area contributed by atoms with E-state index in [4.69, 9.17) is 14.6 Å². The zero-order chi connectivity index (χ0) is 19.4. The summed E-state index contributed by atoms with van der Waals surface area (Å²) in [7, 11) is 0. The molecule has 1 unspecified atom stereocenters. The number of nitrogens with zero attached hydrogens (tertiary/aromatic N) is 1. The third-order valence-electron chi connectivity index (χ3n) is 4.35. The summed E-state index contributed by atoms with van der Waals surface area (Å²) in [6.07, 6.45) is 3.13. The Bertz CT molecular complexity index is 975. The lowest BCUT2D eigenvalue weighted by Gasteiger charge is -2.12. The number of hydrogen-bond donors (Lipinski definition) is 1. The first kappa shape index (κ1) is 18.8. The molecule has 0 aliphatic rings. The number of aliphatic carboxylic acids is 1. The Morgan fingerprint density at radius 3 is 2.74 bits per heavy atom. The summed E-state index contributed by atoms with van der Waals surface area (Å²) >= 11 is 0. The van der Waals surface area contributed by atoms with Crippen LogP contribution in [0, 0.1) is 0 Å². The normalized spacial score (nSPS) is 12.2. The molecule has 0 saturated heterocycles. The molecule has 2 aromatic heterocycles. The molecule has 0 aliphatic heterocycles. The van der Waals surface area contributed by atoms with Gasteiger partial charge in [0.2, 0.25) is 0 Å². The van der Waals surface area contributed by atoms with Gasteiger partial charge in [-0.3, -0.25) is 4.79 Å². The Morgan fingerprint density at radius 2 is 2.00 bits per heavy atom. The van der Waals surface area contributed by atoms with Crippen LogP contribution in [0.5, 0.6) is 5.75 Å². The molecule has 0 aliphatic carbocycles. The van der Waals surface area contributed by atoms with Crippen LogP contribution in [0.3, 0.4) is 0 Å². The average Bonchev–Trinajstić information content (AvgIpc) is 2.95. The van der Waals surface area contributed by atoms with Crippen molar-refractivity contribution in [2.45, 2.75) is 39.2 Å². The fraction of sp³-hybridized carbons (Fsp3) is 0.333. The van der Waals surface area contributed by atoms with Gasteiger partial charge >= 0.3 is 11.9 Å². The van der Waals surface area contributed by atoms with Crippen LogP contribution in [0.4, 0.5) is 0 Å². The van der Waals surface area contributed by atoms with E-state index < -0.39 is 12.1 Å². The highest BCUT2D eigenvalue weighted by atomic mass is 16.5. The molecule has 0 fully saturated rings. The van der Waals surface area contributed by atoms with Crippen molar-refractivity contribution in [3.63, 3.8) is 0 Å². The second-order valence-corrected chi connectivity index (χ2v) is 6.53. The van der Waals surface area contributed by atoms with Crippen LogP contribution in [0.2, 0.25) is 0 Å². The van der Waals surface area contributed by atoms with E-state index in [9.17, 15) is 9.59 Å². The average molecular weight is 369 g/mol. The van der Waals surface area contributed by atoms with Crippen molar-refractivity contribution in [2.24, 2.45) is 0 Å². The molecule has 6 heteroatoms. The van der Waals surface area contributed by atoms with E-state index in [-0.39, 0.29) is 12.4 Å². The van der Waals surface area contributed by atoms with Crippen LogP contribution < -0.4 is 4.74 Å². The molecule has 0 spiro atoms. The van der Waals surface area contributed by atoms with Crippen molar-refractivity contribution >= 4 is 28.4 Å². The van der Waals surface area contributed by atoms with Crippen molar-refractivity contribution in [3.05, 3.63) is 48.2 Å². The number of benzene rings is 1. The molecule has 3 aromatic rings. The van der Waals surface area contributed by atoms with Crippen LogP contribution in [-0.4, -0.2) is 34.2 Å². The molecule has 1 N–H and O–H groups in total. The first-order chi connectivity index (χ1) is 13.0. The maximum absolute atomic E-state index is 12.7. The molecule has 2 heterocycles. The standard InChI is InChI=1S/C21H23NO5/c1-3-4-11-26-21(25)20-16-9-8-15(27-14(2)12-19(23)24)13-18(16)22-10-6-5-7-17(20)22/h5-10,13-14H,3-4,11-12H2,1-2H3,(H,23,24). The first-order valence-electron chi connectivity index (χ1n) is 9.09. The predicted octanol–water partition coefficient (Wildman–Crippen LogP) is 4.29. The second-order valence-electron chi connectivity index (χ2n) is 6.53. The van der Waals surface area contributed by atoms with Crippen LogP contribution in [0.1, 0.15) is 43.5 Å². The van der Waals surface area contributed by atoms with Gasteiger partial charge in [0.05, 0.1) is 29.6 Å². The Labute approximate surface area is 157 Å². The molecule has 0 amide bonds. The Balaban J connectivity index is 2.00. The van der Waals surface area contributed by atoms with Crippen LogP contribution >= 0.6 is 0 Å². The molecule has 0 saturated carbocycles. The lowest BCUT2D eigenvalue weighted by molar-refractivity contribution is -0.138. The number of pyridine rings is 1. The van der Waals surface area contributed by atoms with Crippen molar-refractivity contribution in [1.29, 1.82) is 0 Å². The summed E-state index contributed by atoms with van der Waals surface area (Å²) in [6, 6.07) is 11.0. The van der Waals surface area contributed by atoms with Crippen LogP contribution in [0.25, 0.3) is 16.4 Å². The minimum absolute atomic E-state index is 0.0814. The maximum Gasteiger partial charge on any atom is 0.340 e. The quantitative estimate of drug-likeness (QED) is 0.473. The monoisotopic (exact) mass is 369 g/mol. The molecule has 27 heavy (non-hydrogen) atoms. The lowest BCUT2D eigenvalue weighted by atomic mass is 10.1. The second kappa shape index (κ2) is 8.12. The highest BCUT2D eigenvalue weighted by Gasteiger charge is 2.20. The summed E-state index contributed by atoms with van der Waals surface area (Å²) in [5.74, 6) is -0.686. The number of carboxylic acids is 1. The van der Waals surface area contributed by atoms with Crippen molar-refractivity contribution in [3.8, 4) is 5.75 Å². The Kier molecular flexibility index (Phi) is 5.64. The molecular weight excluding hydrogens is 346 g/mol. The maximum atomic E-state index is 12.7. The largest absolute Gasteiger partial charge is 0.490 e. The fourth-order valence-electron chi connectivity index (χ4n) is 3.11. The number of esters is 1. The highest BCUT2D eigenvalue weighted by molar-refractivity contribution is 6.11. The third kappa shape index (κ3) is 4.05. The predicted molar refractivity (Wildman–Crippen MR) is 102 cm³/mol. The van der Waals surface area contributed by atoms with Gasteiger partial charge in [0.1, 0.15) is 11.9 Å². The third-order valence-corrected chi connectivity index (χ3v) is 4.35. The summed E-state index contributed by atoms with van der Waals surface area (Å²) < 4.78 is 13.1. The van der Waals surface area contributed by atoms with E-state index in [0.717, 1.165) is 29.3 Å². The number of ether oxygens (including phenoxy) is 2. The number of carboxylic acid groups (broad SMARTS) is 1. The number of rotatable bonds is 8. The minimum atomic E-state index is -0.908. The number of unbranched alkanes of at least 4 members (excludes halogenated alkanes) is 1. The molecule has 6 nitrogen and oxygen atoms in total. The van der Waals surface area contributed by atoms with Crippen LogP contribution in [0.15, 0.2) is 42.6 Å². The minimum Gasteiger partial charge on any atom is -0.490 e. The zero-order valence-corrected chi connectivity index (χ0v) is 15.5. The number of aromatic nitrogens is 1. The number of carbonyl (C=O) groups is 2. The van der Waals surface area contributed by atoms with Crippen molar-refractivity contribution < 1.29 is 24.2 Å². The molecule has 142 valence electrons. The van der Waals surface area contributed by atoms with E-state index in [0.29, 0.717) is 17.9 Å². The topological polar surface area (TPSA) is 77.2 Å². The van der Waals surface area contributed by atoms with E-state index in [1.807, 2.05) is 47.9 Å². The fourth-order valence-corrected chi connectivity index (χ4v) is 3.11. The van der Waals surface area contributed by atoms with E-state index in [1.54, 1.807) is 13.0 Å².